The van der Waals surface area contributed by atoms with Gasteiger partial charge in [-0.3, -0.25) is 0 Å². The van der Waals surface area contributed by atoms with E-state index < -0.39 is 0 Å². The molecule has 1 atom stereocenters. The van der Waals surface area contributed by atoms with E-state index in [9.17, 15) is 0 Å². The molecule has 100 valence electrons. The Morgan fingerprint density at radius 2 is 2.10 bits per heavy atom. The molecular formula is C16H14ClN3. The zero-order chi connectivity index (χ0) is 13.5. The Labute approximate surface area is 122 Å². The number of hydrogen-bond acceptors (Lipinski definition) is 2. The number of rotatable bonds is 3. The Kier molecular flexibility index (Phi) is 2.74. The highest BCUT2D eigenvalue weighted by Crippen LogP contribution is 2.36. The van der Waals surface area contributed by atoms with Crippen LogP contribution in [0.2, 0.25) is 0 Å². The maximum absolute atomic E-state index is 6.04. The second-order valence-electron chi connectivity index (χ2n) is 5.22. The molecule has 2 aromatic heterocycles. The molecule has 3 aromatic rings. The van der Waals surface area contributed by atoms with Crippen LogP contribution in [0.25, 0.3) is 11.2 Å². The third kappa shape index (κ3) is 1.74. The van der Waals surface area contributed by atoms with Crippen LogP contribution >= 0.6 is 11.6 Å². The van der Waals surface area contributed by atoms with Gasteiger partial charge in [-0.25, -0.2) is 9.97 Å². The number of pyridine rings is 1. The Balaban J connectivity index is 1.73. The number of aromatic nitrogens is 3. The van der Waals surface area contributed by atoms with E-state index in [0.29, 0.717) is 11.8 Å². The smallest absolute Gasteiger partial charge is 0.160 e. The van der Waals surface area contributed by atoms with Crippen LogP contribution < -0.4 is 0 Å². The van der Waals surface area contributed by atoms with Gasteiger partial charge in [-0.1, -0.05) is 24.3 Å². The van der Waals surface area contributed by atoms with E-state index >= 15 is 0 Å². The number of nitrogens with zero attached hydrogens (tertiary/aromatic N) is 3. The van der Waals surface area contributed by atoms with Crippen molar-refractivity contribution >= 4 is 22.8 Å². The molecule has 1 aromatic carbocycles. The second kappa shape index (κ2) is 4.60. The van der Waals surface area contributed by atoms with Crippen molar-refractivity contribution in [1.29, 1.82) is 0 Å². The minimum absolute atomic E-state index is 0.421. The van der Waals surface area contributed by atoms with E-state index in [0.717, 1.165) is 30.0 Å². The topological polar surface area (TPSA) is 30.7 Å². The molecule has 0 saturated carbocycles. The summed E-state index contributed by atoms with van der Waals surface area (Å²) in [6, 6.07) is 12.5. The monoisotopic (exact) mass is 283 g/mol. The van der Waals surface area contributed by atoms with Gasteiger partial charge in [0.15, 0.2) is 5.65 Å². The molecule has 1 unspecified atom stereocenters. The lowest BCUT2D eigenvalue weighted by Gasteiger charge is -2.30. The van der Waals surface area contributed by atoms with Crippen molar-refractivity contribution in [2.45, 2.75) is 24.8 Å². The Morgan fingerprint density at radius 1 is 1.20 bits per heavy atom. The molecule has 1 aliphatic rings. The standard InChI is InChI=1S/C16H14ClN3/c17-9-15-19-14-6-3-7-18-16(14)20(15)10-12-8-11-4-1-2-5-13(11)12/h1-7,12H,8-10H2. The molecule has 2 heterocycles. The number of hydrogen-bond donors (Lipinski definition) is 0. The minimum atomic E-state index is 0.421. The number of fused-ring (bicyclic) bond motifs is 2. The summed E-state index contributed by atoms with van der Waals surface area (Å²) in [5.41, 5.74) is 4.77. The lowest BCUT2D eigenvalue weighted by Crippen LogP contribution is -2.22. The Morgan fingerprint density at radius 3 is 2.95 bits per heavy atom. The summed E-state index contributed by atoms with van der Waals surface area (Å²) < 4.78 is 2.17. The van der Waals surface area contributed by atoms with Crippen LogP contribution in [0.15, 0.2) is 42.6 Å². The van der Waals surface area contributed by atoms with Crippen LogP contribution in [0, 0.1) is 0 Å². The highest BCUT2D eigenvalue weighted by atomic mass is 35.5. The van der Waals surface area contributed by atoms with Gasteiger partial charge in [-0.05, 0) is 29.7 Å². The van der Waals surface area contributed by atoms with Crippen molar-refractivity contribution in [2.75, 3.05) is 0 Å². The van der Waals surface area contributed by atoms with Gasteiger partial charge in [-0.15, -0.1) is 11.6 Å². The average molecular weight is 284 g/mol. The van der Waals surface area contributed by atoms with E-state index in [1.807, 2.05) is 18.3 Å². The van der Waals surface area contributed by atoms with Gasteiger partial charge in [0.1, 0.15) is 11.3 Å². The van der Waals surface area contributed by atoms with Crippen molar-refractivity contribution in [3.05, 3.63) is 59.5 Å². The molecule has 1 aliphatic carbocycles. The molecule has 20 heavy (non-hydrogen) atoms. The highest BCUT2D eigenvalue weighted by molar-refractivity contribution is 6.16. The maximum atomic E-state index is 6.04. The molecule has 0 bridgehead atoms. The molecular weight excluding hydrogens is 270 g/mol. The Bertz CT molecular complexity index is 778. The quantitative estimate of drug-likeness (QED) is 0.689. The summed E-state index contributed by atoms with van der Waals surface area (Å²) in [5.74, 6) is 1.88. The van der Waals surface area contributed by atoms with Crippen molar-refractivity contribution in [3.8, 4) is 0 Å². The molecule has 4 heteroatoms. The van der Waals surface area contributed by atoms with E-state index in [1.165, 1.54) is 11.1 Å². The number of benzene rings is 1. The second-order valence-corrected chi connectivity index (χ2v) is 5.49. The van der Waals surface area contributed by atoms with Crippen LogP contribution in [-0.4, -0.2) is 14.5 Å². The van der Waals surface area contributed by atoms with E-state index in [4.69, 9.17) is 11.6 Å². The summed E-state index contributed by atoms with van der Waals surface area (Å²) in [6.07, 6.45) is 2.94. The summed E-state index contributed by atoms with van der Waals surface area (Å²) in [4.78, 5) is 9.03. The van der Waals surface area contributed by atoms with E-state index in [-0.39, 0.29) is 0 Å². The average Bonchev–Trinajstić information content (AvgIpc) is 2.83. The first-order chi connectivity index (χ1) is 9.86. The maximum Gasteiger partial charge on any atom is 0.160 e. The normalized spacial score (nSPS) is 16.9. The number of imidazole rings is 1. The van der Waals surface area contributed by atoms with Crippen molar-refractivity contribution < 1.29 is 0 Å². The largest absolute Gasteiger partial charge is 0.311 e. The summed E-state index contributed by atoms with van der Waals surface area (Å²) in [5, 5.41) is 0. The van der Waals surface area contributed by atoms with Gasteiger partial charge in [0.05, 0.1) is 5.88 Å². The van der Waals surface area contributed by atoms with Crippen LogP contribution in [0.1, 0.15) is 22.9 Å². The highest BCUT2D eigenvalue weighted by Gasteiger charge is 2.27. The Hall–Kier alpha value is -1.87. The molecule has 0 radical (unpaired) electrons. The van der Waals surface area contributed by atoms with Gasteiger partial charge in [0, 0.05) is 18.7 Å². The lowest BCUT2D eigenvalue weighted by molar-refractivity contribution is 0.506. The van der Waals surface area contributed by atoms with E-state index in [1.54, 1.807) is 0 Å². The fourth-order valence-corrected chi connectivity index (χ4v) is 3.25. The van der Waals surface area contributed by atoms with Gasteiger partial charge in [-0.2, -0.15) is 0 Å². The predicted molar refractivity (Wildman–Crippen MR) is 80.0 cm³/mol. The number of halogens is 1. The first-order valence-electron chi connectivity index (χ1n) is 6.80. The predicted octanol–water partition coefficient (Wildman–Crippen LogP) is 3.51. The zero-order valence-corrected chi connectivity index (χ0v) is 11.7. The molecule has 0 aliphatic heterocycles. The van der Waals surface area contributed by atoms with Crippen molar-refractivity contribution in [2.24, 2.45) is 0 Å². The first-order valence-corrected chi connectivity index (χ1v) is 7.34. The van der Waals surface area contributed by atoms with Gasteiger partial charge in [0.2, 0.25) is 0 Å². The minimum Gasteiger partial charge on any atom is -0.311 e. The van der Waals surface area contributed by atoms with Gasteiger partial charge in [0.25, 0.3) is 0 Å². The molecule has 0 amide bonds. The third-order valence-corrected chi connectivity index (χ3v) is 4.31. The van der Waals surface area contributed by atoms with Crippen LogP contribution in [0.5, 0.6) is 0 Å². The summed E-state index contributed by atoms with van der Waals surface area (Å²) >= 11 is 6.04. The molecule has 0 saturated heterocycles. The van der Waals surface area contributed by atoms with Crippen LogP contribution in [0.4, 0.5) is 0 Å². The third-order valence-electron chi connectivity index (χ3n) is 4.07. The molecule has 0 spiro atoms. The van der Waals surface area contributed by atoms with Gasteiger partial charge >= 0.3 is 0 Å². The summed E-state index contributed by atoms with van der Waals surface area (Å²) in [6.45, 7) is 0.909. The lowest BCUT2D eigenvalue weighted by atomic mass is 9.77. The van der Waals surface area contributed by atoms with E-state index in [2.05, 4.69) is 38.8 Å². The van der Waals surface area contributed by atoms with Crippen LogP contribution in [-0.2, 0) is 18.8 Å². The van der Waals surface area contributed by atoms with Crippen LogP contribution in [0.3, 0.4) is 0 Å². The van der Waals surface area contributed by atoms with Crippen molar-refractivity contribution in [3.63, 3.8) is 0 Å². The molecule has 3 nitrogen and oxygen atoms in total. The fourth-order valence-electron chi connectivity index (χ4n) is 3.05. The van der Waals surface area contributed by atoms with Gasteiger partial charge < -0.3 is 4.57 Å². The molecule has 4 rings (SSSR count). The number of alkyl halides is 1. The van der Waals surface area contributed by atoms with Crippen molar-refractivity contribution in [1.82, 2.24) is 14.5 Å². The fraction of sp³-hybridized carbons (Fsp3) is 0.250. The molecule has 0 N–H and O–H groups in total. The summed E-state index contributed by atoms with van der Waals surface area (Å²) in [7, 11) is 0. The first kappa shape index (κ1) is 11.9. The molecule has 0 fully saturated rings. The zero-order valence-electron chi connectivity index (χ0n) is 11.0. The SMILES string of the molecule is ClCc1nc2cccnc2n1CC1Cc2ccccc21.